The Morgan fingerprint density at radius 3 is 2.06 bits per heavy atom. The number of carboxylic acids is 2. The summed E-state index contributed by atoms with van der Waals surface area (Å²) < 4.78 is 28.2. The Hall–Kier alpha value is -2.75. The first-order valence-electron chi connectivity index (χ1n) is 9.97. The van der Waals surface area contributed by atoms with E-state index in [2.05, 4.69) is 10.0 Å². The molecule has 8 nitrogen and oxygen atoms in total. The molecule has 0 radical (unpaired) electrons. The number of hydrogen-bond donors (Lipinski definition) is 4. The molecular formula is C22H28N2O6S. The number of nitrogens with one attached hydrogen (secondary N) is 2. The second-order valence-electron chi connectivity index (χ2n) is 7.63. The Kier molecular flexibility index (Phi) is 8.73. The normalized spacial score (nSPS) is 13.6. The molecule has 2 rings (SSSR count). The van der Waals surface area contributed by atoms with E-state index >= 15 is 0 Å². The third kappa shape index (κ3) is 7.16. The number of hydrogen-bond acceptors (Lipinski definition) is 5. The summed E-state index contributed by atoms with van der Waals surface area (Å²) in [5.74, 6) is -2.33. The van der Waals surface area contributed by atoms with E-state index in [0.29, 0.717) is 5.56 Å². The first kappa shape index (κ1) is 24.5. The molecule has 0 aliphatic rings. The maximum absolute atomic E-state index is 12.9. The lowest BCUT2D eigenvalue weighted by molar-refractivity contribution is -0.143. The van der Waals surface area contributed by atoms with Crippen molar-refractivity contribution < 1.29 is 28.2 Å². The predicted octanol–water partition coefficient (Wildman–Crippen LogP) is 2.56. The highest BCUT2D eigenvalue weighted by Crippen LogP contribution is 2.26. The van der Waals surface area contributed by atoms with Gasteiger partial charge in [0, 0.05) is 12.1 Å². The topological polar surface area (TPSA) is 133 Å². The van der Waals surface area contributed by atoms with Gasteiger partial charge in [0.1, 0.15) is 12.1 Å². The Bertz CT molecular complexity index is 992. The van der Waals surface area contributed by atoms with Gasteiger partial charge in [0.15, 0.2) is 0 Å². The molecule has 0 saturated carbocycles. The molecule has 31 heavy (non-hydrogen) atoms. The minimum Gasteiger partial charge on any atom is -0.480 e. The number of carboxylic acid groups (broad SMARTS) is 2. The molecule has 0 bridgehead atoms. The summed E-state index contributed by atoms with van der Waals surface area (Å²) >= 11 is 0. The van der Waals surface area contributed by atoms with E-state index < -0.39 is 34.0 Å². The van der Waals surface area contributed by atoms with Crippen molar-refractivity contribution in [1.82, 2.24) is 10.0 Å². The molecule has 0 amide bonds. The number of aliphatic carboxylic acids is 2. The maximum atomic E-state index is 12.9. The molecule has 0 fully saturated rings. The Balaban J connectivity index is 2.11. The number of benzene rings is 2. The van der Waals surface area contributed by atoms with Gasteiger partial charge in [-0.15, -0.1) is 0 Å². The lowest BCUT2D eigenvalue weighted by Crippen LogP contribution is -2.49. The zero-order valence-electron chi connectivity index (χ0n) is 17.5. The average molecular weight is 449 g/mol. The minimum absolute atomic E-state index is 0.0519. The zero-order valence-corrected chi connectivity index (χ0v) is 18.3. The smallest absolute Gasteiger partial charge is 0.320 e. The van der Waals surface area contributed by atoms with Crippen LogP contribution in [0.1, 0.15) is 26.7 Å². The van der Waals surface area contributed by atoms with E-state index in [4.69, 9.17) is 0 Å². The number of carbonyl (C=O) groups is 2. The summed E-state index contributed by atoms with van der Waals surface area (Å²) in [5, 5.41) is 21.4. The molecule has 2 aromatic rings. The maximum Gasteiger partial charge on any atom is 0.320 e. The van der Waals surface area contributed by atoms with Gasteiger partial charge in [0.25, 0.3) is 0 Å². The van der Waals surface area contributed by atoms with Gasteiger partial charge in [-0.3, -0.25) is 14.9 Å². The Morgan fingerprint density at radius 2 is 1.48 bits per heavy atom. The van der Waals surface area contributed by atoms with Crippen LogP contribution < -0.4 is 10.0 Å². The summed E-state index contributed by atoms with van der Waals surface area (Å²) in [6, 6.07) is 13.4. The van der Waals surface area contributed by atoms with Gasteiger partial charge in [-0.25, -0.2) is 13.1 Å². The number of sulfonamides is 1. The first-order valence-corrected chi connectivity index (χ1v) is 11.5. The van der Waals surface area contributed by atoms with Crippen molar-refractivity contribution in [1.29, 1.82) is 0 Å². The van der Waals surface area contributed by atoms with Crippen LogP contribution in [0.5, 0.6) is 0 Å². The average Bonchev–Trinajstić information content (AvgIpc) is 2.72. The molecule has 168 valence electrons. The van der Waals surface area contributed by atoms with Crippen LogP contribution in [-0.2, 0) is 19.6 Å². The van der Waals surface area contributed by atoms with Gasteiger partial charge >= 0.3 is 11.9 Å². The highest BCUT2D eigenvalue weighted by atomic mass is 32.2. The van der Waals surface area contributed by atoms with E-state index in [0.717, 1.165) is 5.56 Å². The van der Waals surface area contributed by atoms with Crippen LogP contribution in [0, 0.1) is 5.92 Å². The predicted molar refractivity (Wildman–Crippen MR) is 117 cm³/mol. The Morgan fingerprint density at radius 1 is 0.903 bits per heavy atom. The van der Waals surface area contributed by atoms with Crippen molar-refractivity contribution in [2.45, 2.75) is 43.7 Å². The fourth-order valence-electron chi connectivity index (χ4n) is 3.21. The van der Waals surface area contributed by atoms with E-state index in [-0.39, 0.29) is 30.2 Å². The van der Waals surface area contributed by atoms with Gasteiger partial charge in [0.2, 0.25) is 10.0 Å². The lowest BCUT2D eigenvalue weighted by atomic mass is 10.0. The fraction of sp³-hybridized carbons (Fsp3) is 0.364. The van der Waals surface area contributed by atoms with Gasteiger partial charge in [0.05, 0.1) is 4.90 Å². The van der Waals surface area contributed by atoms with Crippen molar-refractivity contribution in [2.24, 2.45) is 5.92 Å². The standard InChI is InChI=1S/C22H28N2O6S/c1-15(2)14-19(22(27)28)24-18(21(25)26)12-13-23-31(29,30)20-11-7-6-10-17(20)16-8-4-3-5-9-16/h3-11,15,18-19,23-24H,12-14H2,1-2H3,(H,25,26)(H,27,28). The van der Waals surface area contributed by atoms with Crippen LogP contribution in [0.15, 0.2) is 59.5 Å². The Labute approximate surface area is 182 Å². The van der Waals surface area contributed by atoms with Crippen LogP contribution in [-0.4, -0.2) is 49.2 Å². The monoisotopic (exact) mass is 448 g/mol. The quantitative estimate of drug-likeness (QED) is 0.392. The molecule has 0 aliphatic heterocycles. The molecule has 2 unspecified atom stereocenters. The minimum atomic E-state index is -3.91. The van der Waals surface area contributed by atoms with Crippen molar-refractivity contribution in [2.75, 3.05) is 6.54 Å². The van der Waals surface area contributed by atoms with Gasteiger partial charge in [-0.1, -0.05) is 62.4 Å². The summed E-state index contributed by atoms with van der Waals surface area (Å²) in [6.45, 7) is 3.51. The molecule has 4 N–H and O–H groups in total. The number of rotatable bonds is 12. The fourth-order valence-corrected chi connectivity index (χ4v) is 4.48. The van der Waals surface area contributed by atoms with Gasteiger partial charge in [-0.05, 0) is 30.4 Å². The van der Waals surface area contributed by atoms with Crippen molar-refractivity contribution in [3.05, 3.63) is 54.6 Å². The summed E-state index contributed by atoms with van der Waals surface area (Å²) in [6.07, 6.45) is 0.152. The summed E-state index contributed by atoms with van der Waals surface area (Å²) in [7, 11) is -3.91. The molecular weight excluding hydrogens is 420 g/mol. The van der Waals surface area contributed by atoms with Gasteiger partial charge < -0.3 is 10.2 Å². The second-order valence-corrected chi connectivity index (χ2v) is 9.36. The zero-order chi connectivity index (χ0) is 23.0. The molecule has 2 aromatic carbocycles. The van der Waals surface area contributed by atoms with Crippen LogP contribution in [0.2, 0.25) is 0 Å². The third-order valence-electron chi connectivity index (χ3n) is 4.69. The molecule has 0 aliphatic carbocycles. The highest BCUT2D eigenvalue weighted by molar-refractivity contribution is 7.89. The van der Waals surface area contributed by atoms with E-state index in [1.165, 1.54) is 6.07 Å². The SMILES string of the molecule is CC(C)CC(NC(CCNS(=O)(=O)c1ccccc1-c1ccccc1)C(=O)O)C(=O)O. The highest BCUT2D eigenvalue weighted by Gasteiger charge is 2.27. The molecule has 2 atom stereocenters. The summed E-state index contributed by atoms with van der Waals surface area (Å²) in [5.41, 5.74) is 1.28. The van der Waals surface area contributed by atoms with Crippen LogP contribution in [0.25, 0.3) is 11.1 Å². The summed E-state index contributed by atoms with van der Waals surface area (Å²) in [4.78, 5) is 23.1. The van der Waals surface area contributed by atoms with E-state index in [9.17, 15) is 28.2 Å². The molecule has 0 spiro atoms. The molecule has 0 aromatic heterocycles. The lowest BCUT2D eigenvalue weighted by Gasteiger charge is -2.22. The first-order chi connectivity index (χ1) is 14.6. The van der Waals surface area contributed by atoms with Crippen molar-refractivity contribution >= 4 is 22.0 Å². The van der Waals surface area contributed by atoms with E-state index in [1.54, 1.807) is 30.3 Å². The van der Waals surface area contributed by atoms with Gasteiger partial charge in [-0.2, -0.15) is 0 Å². The largest absolute Gasteiger partial charge is 0.480 e. The van der Waals surface area contributed by atoms with E-state index in [1.807, 2.05) is 32.0 Å². The van der Waals surface area contributed by atoms with Crippen LogP contribution in [0.3, 0.4) is 0 Å². The van der Waals surface area contributed by atoms with Crippen molar-refractivity contribution in [3.8, 4) is 11.1 Å². The van der Waals surface area contributed by atoms with Crippen LogP contribution >= 0.6 is 0 Å². The van der Waals surface area contributed by atoms with Crippen LogP contribution in [0.4, 0.5) is 0 Å². The molecule has 0 heterocycles. The second kappa shape index (κ2) is 11.0. The molecule has 0 saturated heterocycles. The molecule has 9 heteroatoms. The third-order valence-corrected chi connectivity index (χ3v) is 6.21. The van der Waals surface area contributed by atoms with Crippen molar-refractivity contribution in [3.63, 3.8) is 0 Å².